The Morgan fingerprint density at radius 1 is 1.52 bits per heavy atom. The van der Waals surface area contributed by atoms with Crippen LogP contribution in [0.3, 0.4) is 0 Å². The van der Waals surface area contributed by atoms with Crippen molar-refractivity contribution in [1.29, 1.82) is 0 Å². The highest BCUT2D eigenvalue weighted by molar-refractivity contribution is 6.24. The van der Waals surface area contributed by atoms with Gasteiger partial charge >= 0.3 is 0 Å². The van der Waals surface area contributed by atoms with Gasteiger partial charge in [0.25, 0.3) is 0 Å². The summed E-state index contributed by atoms with van der Waals surface area (Å²) < 4.78 is 21.5. The van der Waals surface area contributed by atoms with Crippen molar-refractivity contribution in [2.24, 2.45) is 0 Å². The molecule has 21 heavy (non-hydrogen) atoms. The molecule has 0 radical (unpaired) electrons. The van der Waals surface area contributed by atoms with Crippen molar-refractivity contribution in [2.75, 3.05) is 11.4 Å². The molecule has 0 aromatic carbocycles. The third-order valence-electron chi connectivity index (χ3n) is 3.60. The van der Waals surface area contributed by atoms with Crippen molar-refractivity contribution in [1.82, 2.24) is 19.5 Å². The molecule has 0 amide bonds. The van der Waals surface area contributed by atoms with Crippen LogP contribution in [0.25, 0.3) is 11.2 Å². The number of aliphatic hydroxyl groups is 2. The number of hydrogen-bond acceptors (Lipinski definition) is 7. The lowest BCUT2D eigenvalue weighted by atomic mass is 9.98. The van der Waals surface area contributed by atoms with Crippen LogP contribution < -0.4 is 4.84 Å². The Kier molecular flexibility index (Phi) is 3.44. The summed E-state index contributed by atoms with van der Waals surface area (Å²) in [4.78, 5) is 14.3. The monoisotopic (exact) mass is 317 g/mol. The Hall–Kier alpha value is -1.55. The summed E-state index contributed by atoms with van der Waals surface area (Å²) in [6.07, 6.45) is -1.08. The summed E-state index contributed by atoms with van der Waals surface area (Å²) >= 11 is 5.53. The van der Waals surface area contributed by atoms with Crippen molar-refractivity contribution in [3.8, 4) is 0 Å². The molecule has 4 atom stereocenters. The smallest absolute Gasteiger partial charge is 0.181 e. The van der Waals surface area contributed by atoms with Gasteiger partial charge in [-0.3, -0.25) is 9.40 Å². The van der Waals surface area contributed by atoms with Crippen LogP contribution in [0.1, 0.15) is 13.2 Å². The largest absolute Gasteiger partial charge is 0.394 e. The average molecular weight is 318 g/mol. The second-order valence-electron chi connectivity index (χ2n) is 4.95. The number of imidazole rings is 1. The average Bonchev–Trinajstić information content (AvgIpc) is 2.99. The molecule has 3 N–H and O–H groups in total. The molecule has 1 unspecified atom stereocenters. The van der Waals surface area contributed by atoms with Crippen LogP contribution in [0.15, 0.2) is 12.7 Å². The second-order valence-corrected chi connectivity index (χ2v) is 5.14. The van der Waals surface area contributed by atoms with E-state index in [1.165, 1.54) is 24.1 Å². The zero-order valence-electron chi connectivity index (χ0n) is 10.9. The fourth-order valence-corrected chi connectivity index (χ4v) is 2.59. The molecule has 3 rings (SSSR count). The van der Waals surface area contributed by atoms with Gasteiger partial charge in [0.15, 0.2) is 28.9 Å². The number of aliphatic hydroxyl groups excluding tert-OH is 2. The number of rotatable bonds is 3. The zero-order valence-corrected chi connectivity index (χ0v) is 11.7. The summed E-state index contributed by atoms with van der Waals surface area (Å²) in [7, 11) is 0. The van der Waals surface area contributed by atoms with Gasteiger partial charge in [-0.2, -0.15) is 0 Å². The predicted molar refractivity (Wildman–Crippen MR) is 71.3 cm³/mol. The van der Waals surface area contributed by atoms with Crippen LogP contribution in [-0.2, 0) is 4.74 Å². The first-order chi connectivity index (χ1) is 10.0. The van der Waals surface area contributed by atoms with Gasteiger partial charge in [-0.15, -0.1) is 0 Å². The number of hydrogen-bond donors (Lipinski definition) is 3. The fraction of sp³-hybridized carbons (Fsp3) is 0.545. The number of nitrogens with one attached hydrogen (secondary N) is 1. The van der Waals surface area contributed by atoms with E-state index in [2.05, 4.69) is 19.8 Å². The first-order valence-corrected chi connectivity index (χ1v) is 6.56. The van der Waals surface area contributed by atoms with Gasteiger partial charge in [0.1, 0.15) is 18.5 Å². The summed E-state index contributed by atoms with van der Waals surface area (Å²) in [6, 6.07) is 0. The molecular weight excluding hydrogens is 305 g/mol. The topological polar surface area (TPSA) is 105 Å². The first kappa shape index (κ1) is 14.4. The first-order valence-electron chi connectivity index (χ1n) is 6.18. The number of halogens is 2. The van der Waals surface area contributed by atoms with Crippen LogP contribution in [0.2, 0.25) is 0 Å². The van der Waals surface area contributed by atoms with E-state index >= 15 is 0 Å². The molecule has 1 saturated heterocycles. The Bertz CT molecular complexity index is 666. The molecule has 114 valence electrons. The number of aromatic nitrogens is 4. The van der Waals surface area contributed by atoms with Gasteiger partial charge in [0, 0.05) is 11.8 Å². The second kappa shape index (κ2) is 5.02. The van der Waals surface area contributed by atoms with Crippen LogP contribution in [0.5, 0.6) is 0 Å². The number of ether oxygens (including phenoxy) is 1. The lowest BCUT2D eigenvalue weighted by Crippen LogP contribution is -2.40. The van der Waals surface area contributed by atoms with Crippen LogP contribution in [0.4, 0.5) is 10.2 Å². The zero-order chi connectivity index (χ0) is 15.2. The normalized spacial score (nSPS) is 32.7. The third kappa shape index (κ3) is 2.04. The highest BCUT2D eigenvalue weighted by Crippen LogP contribution is 2.42. The summed E-state index contributed by atoms with van der Waals surface area (Å²) in [5.41, 5.74) is -1.47. The van der Waals surface area contributed by atoms with E-state index < -0.39 is 30.7 Å². The molecule has 10 heteroatoms. The standard InChI is InChI=1S/C11H13ClFN5O3/c1-11(13)7(20)5(2-19)21-10(11)18-4-16-6-8(17-12)14-3-15-9(6)18/h3-5,7,10,19-20H,2H2,1H3,(H,14,15,17)/t5-,7+,10-,11?/m1/s1. The Morgan fingerprint density at radius 2 is 2.29 bits per heavy atom. The van der Waals surface area contributed by atoms with Gasteiger partial charge in [-0.1, -0.05) is 0 Å². The number of anilines is 1. The van der Waals surface area contributed by atoms with Gasteiger partial charge in [-0.05, 0) is 6.92 Å². The molecular formula is C11H13ClFN5O3. The highest BCUT2D eigenvalue weighted by atomic mass is 35.5. The van der Waals surface area contributed by atoms with E-state index in [4.69, 9.17) is 21.6 Å². The number of alkyl halides is 1. The van der Waals surface area contributed by atoms with Crippen LogP contribution in [0, 0.1) is 0 Å². The minimum absolute atomic E-state index is 0.276. The Labute approximate surface area is 123 Å². The summed E-state index contributed by atoms with van der Waals surface area (Å²) in [5, 5.41) is 19.0. The van der Waals surface area contributed by atoms with Crippen molar-refractivity contribution >= 4 is 28.8 Å². The van der Waals surface area contributed by atoms with Crippen LogP contribution in [-0.4, -0.2) is 54.2 Å². The van der Waals surface area contributed by atoms with E-state index in [0.29, 0.717) is 11.2 Å². The quantitative estimate of drug-likeness (QED) is 0.702. The lowest BCUT2D eigenvalue weighted by molar-refractivity contribution is -0.0566. The maximum absolute atomic E-state index is 14.8. The van der Waals surface area contributed by atoms with E-state index in [1.807, 2.05) is 0 Å². The molecule has 1 aliphatic rings. The lowest BCUT2D eigenvalue weighted by Gasteiger charge is -2.24. The Morgan fingerprint density at radius 3 is 2.90 bits per heavy atom. The molecule has 0 spiro atoms. The molecule has 2 aromatic rings. The SMILES string of the molecule is CC1(F)[C@@H](O)[C@@H](CO)O[C@H]1n1cnc2c(NCl)ncnc21. The third-order valence-corrected chi connectivity index (χ3v) is 3.78. The molecule has 0 aliphatic carbocycles. The van der Waals surface area contributed by atoms with Crippen molar-refractivity contribution in [3.63, 3.8) is 0 Å². The molecule has 1 aliphatic heterocycles. The van der Waals surface area contributed by atoms with E-state index in [0.717, 1.165) is 0 Å². The molecule has 8 nitrogen and oxygen atoms in total. The van der Waals surface area contributed by atoms with Gasteiger partial charge in [-0.25, -0.2) is 19.3 Å². The summed E-state index contributed by atoms with van der Waals surface area (Å²) in [6.45, 7) is 0.707. The Balaban J connectivity index is 2.09. The molecule has 0 saturated carbocycles. The van der Waals surface area contributed by atoms with E-state index in [9.17, 15) is 9.50 Å². The van der Waals surface area contributed by atoms with E-state index in [1.54, 1.807) is 0 Å². The van der Waals surface area contributed by atoms with Crippen molar-refractivity contribution in [2.45, 2.75) is 31.0 Å². The van der Waals surface area contributed by atoms with Crippen molar-refractivity contribution in [3.05, 3.63) is 12.7 Å². The fourth-order valence-electron chi connectivity index (χ4n) is 2.46. The van der Waals surface area contributed by atoms with Gasteiger partial charge in [0.05, 0.1) is 12.9 Å². The summed E-state index contributed by atoms with van der Waals surface area (Å²) in [5.74, 6) is 0.276. The van der Waals surface area contributed by atoms with Crippen LogP contribution >= 0.6 is 11.8 Å². The minimum atomic E-state index is -2.11. The molecule has 2 aromatic heterocycles. The highest BCUT2D eigenvalue weighted by Gasteiger charge is 2.55. The maximum Gasteiger partial charge on any atom is 0.181 e. The van der Waals surface area contributed by atoms with E-state index in [-0.39, 0.29) is 5.82 Å². The maximum atomic E-state index is 14.8. The minimum Gasteiger partial charge on any atom is -0.394 e. The van der Waals surface area contributed by atoms with Gasteiger partial charge < -0.3 is 14.9 Å². The molecule has 3 heterocycles. The predicted octanol–water partition coefficient (Wildman–Crippen LogP) is 0.371. The number of nitrogens with zero attached hydrogens (tertiary/aromatic N) is 4. The number of fused-ring (bicyclic) bond motifs is 1. The molecule has 0 bridgehead atoms. The van der Waals surface area contributed by atoms with Crippen molar-refractivity contribution < 1.29 is 19.3 Å². The van der Waals surface area contributed by atoms with Gasteiger partial charge in [0.2, 0.25) is 0 Å². The molecule has 1 fully saturated rings.